The van der Waals surface area contributed by atoms with Gasteiger partial charge in [-0.25, -0.2) is 4.39 Å². The number of rotatable bonds is 2. The zero-order chi connectivity index (χ0) is 12.4. The molecule has 1 atom stereocenters. The molecule has 0 bridgehead atoms. The van der Waals surface area contributed by atoms with Crippen molar-refractivity contribution in [3.05, 3.63) is 29.6 Å². The molecule has 1 unspecified atom stereocenters. The summed E-state index contributed by atoms with van der Waals surface area (Å²) >= 11 is 0. The van der Waals surface area contributed by atoms with Crippen molar-refractivity contribution in [2.75, 3.05) is 18.0 Å². The van der Waals surface area contributed by atoms with Crippen molar-refractivity contribution in [2.45, 2.75) is 6.42 Å². The molecule has 1 heterocycles. The Morgan fingerprint density at radius 3 is 2.88 bits per heavy atom. The lowest BCUT2D eigenvalue weighted by molar-refractivity contribution is -0.121. The van der Waals surface area contributed by atoms with E-state index in [0.29, 0.717) is 25.2 Å². The van der Waals surface area contributed by atoms with Crippen molar-refractivity contribution in [3.63, 3.8) is 0 Å². The minimum atomic E-state index is -0.436. The number of carbonyl (C=O) groups excluding carboxylic acids is 1. The average molecular weight is 233 g/mol. The predicted octanol–water partition coefficient (Wildman–Crippen LogP) is 1.01. The van der Waals surface area contributed by atoms with Gasteiger partial charge >= 0.3 is 0 Å². The van der Waals surface area contributed by atoms with Gasteiger partial charge in [-0.05, 0) is 24.6 Å². The summed E-state index contributed by atoms with van der Waals surface area (Å²) in [5.74, 6) is -0.999. The fourth-order valence-corrected chi connectivity index (χ4v) is 2.04. The van der Waals surface area contributed by atoms with Crippen LogP contribution in [0.3, 0.4) is 0 Å². The van der Waals surface area contributed by atoms with Crippen molar-refractivity contribution >= 4 is 11.6 Å². The number of hydrogen-bond acceptors (Lipinski definition) is 3. The third-order valence-corrected chi connectivity index (χ3v) is 3.01. The fraction of sp³-hybridized carbons (Fsp3) is 0.333. The molecule has 88 valence electrons. The average Bonchev–Trinajstić information content (AvgIpc) is 2.78. The Labute approximate surface area is 98.4 Å². The second-order valence-electron chi connectivity index (χ2n) is 4.11. The largest absolute Gasteiger partial charge is 0.369 e. The van der Waals surface area contributed by atoms with Crippen LogP contribution in [-0.4, -0.2) is 19.0 Å². The van der Waals surface area contributed by atoms with Crippen LogP contribution < -0.4 is 10.6 Å². The first-order valence-corrected chi connectivity index (χ1v) is 5.35. The van der Waals surface area contributed by atoms with Crippen molar-refractivity contribution in [1.82, 2.24) is 0 Å². The molecule has 1 aliphatic heterocycles. The first-order chi connectivity index (χ1) is 8.11. The molecule has 1 saturated heterocycles. The Morgan fingerprint density at radius 2 is 2.35 bits per heavy atom. The lowest BCUT2D eigenvalue weighted by atomic mass is 10.1. The summed E-state index contributed by atoms with van der Waals surface area (Å²) in [7, 11) is 0. The Morgan fingerprint density at radius 1 is 1.59 bits per heavy atom. The summed E-state index contributed by atoms with van der Waals surface area (Å²) in [6.45, 7) is 1.05. The van der Waals surface area contributed by atoms with E-state index in [1.54, 1.807) is 17.0 Å². The van der Waals surface area contributed by atoms with Crippen LogP contribution in [-0.2, 0) is 4.79 Å². The number of benzene rings is 1. The first kappa shape index (κ1) is 11.4. The number of anilines is 1. The van der Waals surface area contributed by atoms with Crippen LogP contribution in [0.15, 0.2) is 18.2 Å². The van der Waals surface area contributed by atoms with Gasteiger partial charge in [0, 0.05) is 13.1 Å². The molecule has 0 spiro atoms. The maximum atomic E-state index is 13.7. The summed E-state index contributed by atoms with van der Waals surface area (Å²) in [5.41, 5.74) is 5.93. The summed E-state index contributed by atoms with van der Waals surface area (Å²) in [4.78, 5) is 12.8. The van der Waals surface area contributed by atoms with Crippen LogP contribution in [0.2, 0.25) is 0 Å². The van der Waals surface area contributed by atoms with E-state index in [2.05, 4.69) is 0 Å². The summed E-state index contributed by atoms with van der Waals surface area (Å²) in [6, 6.07) is 6.21. The van der Waals surface area contributed by atoms with Gasteiger partial charge in [-0.3, -0.25) is 4.79 Å². The zero-order valence-electron chi connectivity index (χ0n) is 9.19. The number of hydrogen-bond donors (Lipinski definition) is 1. The van der Waals surface area contributed by atoms with E-state index in [4.69, 9.17) is 11.0 Å². The Kier molecular flexibility index (Phi) is 2.96. The smallest absolute Gasteiger partial charge is 0.222 e. The van der Waals surface area contributed by atoms with E-state index < -0.39 is 5.82 Å². The highest BCUT2D eigenvalue weighted by Gasteiger charge is 2.28. The van der Waals surface area contributed by atoms with E-state index in [-0.39, 0.29) is 17.4 Å². The number of primary amides is 1. The Balaban J connectivity index is 2.20. The van der Waals surface area contributed by atoms with Crippen molar-refractivity contribution < 1.29 is 9.18 Å². The molecule has 1 aromatic rings. The summed E-state index contributed by atoms with van der Waals surface area (Å²) < 4.78 is 13.7. The van der Waals surface area contributed by atoms with Gasteiger partial charge in [-0.2, -0.15) is 5.26 Å². The first-order valence-electron chi connectivity index (χ1n) is 5.35. The molecule has 1 fully saturated rings. The molecule has 2 rings (SSSR count). The highest BCUT2D eigenvalue weighted by Crippen LogP contribution is 2.26. The van der Waals surface area contributed by atoms with Gasteiger partial charge < -0.3 is 10.6 Å². The molecule has 4 nitrogen and oxygen atoms in total. The zero-order valence-corrected chi connectivity index (χ0v) is 9.19. The quantitative estimate of drug-likeness (QED) is 0.828. The highest BCUT2D eigenvalue weighted by molar-refractivity contribution is 5.78. The summed E-state index contributed by atoms with van der Waals surface area (Å²) in [5, 5.41) is 8.64. The molecule has 17 heavy (non-hydrogen) atoms. The molecule has 1 aliphatic rings. The maximum Gasteiger partial charge on any atom is 0.222 e. The third-order valence-electron chi connectivity index (χ3n) is 3.01. The van der Waals surface area contributed by atoms with Gasteiger partial charge in [-0.1, -0.05) is 0 Å². The molecule has 2 N–H and O–H groups in total. The molecule has 0 saturated carbocycles. The van der Waals surface area contributed by atoms with Gasteiger partial charge in [0.25, 0.3) is 0 Å². The second kappa shape index (κ2) is 4.42. The fourth-order valence-electron chi connectivity index (χ4n) is 2.04. The Bertz CT molecular complexity index is 495. The Hall–Kier alpha value is -2.09. The number of amides is 1. The van der Waals surface area contributed by atoms with Crippen molar-refractivity contribution in [2.24, 2.45) is 11.7 Å². The summed E-state index contributed by atoms with van der Waals surface area (Å²) in [6.07, 6.45) is 0.648. The van der Waals surface area contributed by atoms with Gasteiger partial charge in [0.15, 0.2) is 0 Å². The normalized spacial score (nSPS) is 19.1. The molecule has 1 amide bonds. The lowest BCUT2D eigenvalue weighted by Crippen LogP contribution is -2.27. The second-order valence-corrected chi connectivity index (χ2v) is 4.11. The molecule has 0 aromatic heterocycles. The number of nitrogens with zero attached hydrogens (tertiary/aromatic N) is 2. The minimum Gasteiger partial charge on any atom is -0.369 e. The SMILES string of the molecule is N#Cc1ccc(N2CCC(C(N)=O)C2)c(F)c1. The van der Waals surface area contributed by atoms with E-state index in [0.717, 1.165) is 0 Å². The van der Waals surface area contributed by atoms with E-state index in [1.165, 1.54) is 6.07 Å². The van der Waals surface area contributed by atoms with Gasteiger partial charge in [0.1, 0.15) is 5.82 Å². The standard InChI is InChI=1S/C12H12FN3O/c13-10-5-8(6-14)1-2-11(10)16-4-3-9(7-16)12(15)17/h1-2,5,9H,3-4,7H2,(H2,15,17). The maximum absolute atomic E-state index is 13.7. The molecular formula is C12H12FN3O. The minimum absolute atomic E-state index is 0.218. The number of nitrogens with two attached hydrogens (primary N) is 1. The topological polar surface area (TPSA) is 70.1 Å². The van der Waals surface area contributed by atoms with Crippen molar-refractivity contribution in [3.8, 4) is 6.07 Å². The number of carbonyl (C=O) groups is 1. The monoisotopic (exact) mass is 233 g/mol. The van der Waals surface area contributed by atoms with Crippen LogP contribution in [0, 0.1) is 23.1 Å². The van der Waals surface area contributed by atoms with Gasteiger partial charge in [-0.15, -0.1) is 0 Å². The lowest BCUT2D eigenvalue weighted by Gasteiger charge is -2.18. The molecular weight excluding hydrogens is 221 g/mol. The molecule has 0 aliphatic carbocycles. The van der Waals surface area contributed by atoms with Crippen molar-refractivity contribution in [1.29, 1.82) is 5.26 Å². The predicted molar refractivity (Wildman–Crippen MR) is 60.6 cm³/mol. The van der Waals surface area contributed by atoms with E-state index in [9.17, 15) is 9.18 Å². The van der Waals surface area contributed by atoms with Crippen LogP contribution in [0.4, 0.5) is 10.1 Å². The molecule has 0 radical (unpaired) electrons. The number of halogens is 1. The third kappa shape index (κ3) is 2.21. The van der Waals surface area contributed by atoms with Gasteiger partial charge in [0.2, 0.25) is 5.91 Å². The van der Waals surface area contributed by atoms with Crippen LogP contribution in [0.25, 0.3) is 0 Å². The van der Waals surface area contributed by atoms with Crippen LogP contribution >= 0.6 is 0 Å². The molecule has 5 heteroatoms. The van der Waals surface area contributed by atoms with Crippen LogP contribution in [0.1, 0.15) is 12.0 Å². The highest BCUT2D eigenvalue weighted by atomic mass is 19.1. The van der Waals surface area contributed by atoms with Crippen LogP contribution in [0.5, 0.6) is 0 Å². The molecule has 1 aromatic carbocycles. The van der Waals surface area contributed by atoms with E-state index in [1.807, 2.05) is 6.07 Å². The van der Waals surface area contributed by atoms with Gasteiger partial charge in [0.05, 0.1) is 23.2 Å². The van der Waals surface area contributed by atoms with E-state index >= 15 is 0 Å². The number of nitriles is 1.